The number of aryl methyl sites for hydroxylation is 1. The van der Waals surface area contributed by atoms with E-state index < -0.39 is 50.6 Å². The van der Waals surface area contributed by atoms with Crippen LogP contribution in [0.5, 0.6) is 0 Å². The Balaban J connectivity index is 1.90. The summed E-state index contributed by atoms with van der Waals surface area (Å²) in [7, 11) is -4.12. The fraction of sp³-hybridized carbons (Fsp3) is 0.692. The van der Waals surface area contributed by atoms with E-state index in [0.717, 1.165) is 0 Å². The molecule has 2 aliphatic rings. The highest BCUT2D eigenvalue weighted by Crippen LogP contribution is 2.60. The fourth-order valence-electron chi connectivity index (χ4n) is 2.56. The van der Waals surface area contributed by atoms with Crippen LogP contribution in [-0.2, 0) is 22.9 Å². The van der Waals surface area contributed by atoms with Crippen LogP contribution in [-0.4, -0.2) is 40.4 Å². The van der Waals surface area contributed by atoms with Crippen LogP contribution in [0.25, 0.3) is 0 Å². The number of phosphoric ester groups is 1. The zero-order valence-corrected chi connectivity index (χ0v) is 14.1. The Morgan fingerprint density at radius 2 is 2.21 bits per heavy atom. The Hall–Kier alpha value is -1.19. The second-order valence-electron chi connectivity index (χ2n) is 5.88. The van der Waals surface area contributed by atoms with Gasteiger partial charge < -0.3 is 4.74 Å². The van der Waals surface area contributed by atoms with Crippen LogP contribution in [0.15, 0.2) is 17.1 Å². The first-order valence-corrected chi connectivity index (χ1v) is 8.79. The maximum atomic E-state index is 14.7. The number of hydrogen-bond donors (Lipinski definition) is 0. The first-order valence-electron chi connectivity index (χ1n) is 7.33. The summed E-state index contributed by atoms with van der Waals surface area (Å²) in [5.74, 6) is -3.62. The lowest BCUT2D eigenvalue weighted by molar-refractivity contribution is -0.139. The molecule has 0 bridgehead atoms. The van der Waals surface area contributed by atoms with Gasteiger partial charge in [-0.05, 0) is 26.8 Å². The summed E-state index contributed by atoms with van der Waals surface area (Å²) < 4.78 is 62.6. The molecular weight excluding hydrogens is 349 g/mol. The number of aromatic nitrogens is 2. The third-order valence-corrected chi connectivity index (χ3v) is 5.18. The van der Waals surface area contributed by atoms with Crippen molar-refractivity contribution in [1.82, 2.24) is 9.55 Å². The van der Waals surface area contributed by atoms with Gasteiger partial charge in [-0.1, -0.05) is 0 Å². The molecule has 0 saturated carbocycles. The molecule has 1 unspecified atom stereocenters. The molecule has 2 aliphatic heterocycles. The van der Waals surface area contributed by atoms with E-state index in [0.29, 0.717) is 10.3 Å². The van der Waals surface area contributed by atoms with Gasteiger partial charge in [-0.2, -0.15) is 13.8 Å². The van der Waals surface area contributed by atoms with Gasteiger partial charge in [-0.3, -0.25) is 18.1 Å². The third kappa shape index (κ3) is 3.04. The van der Waals surface area contributed by atoms with Crippen LogP contribution in [0.3, 0.4) is 0 Å². The van der Waals surface area contributed by atoms with E-state index in [2.05, 4.69) is 4.98 Å². The average Bonchev–Trinajstić information content (AvgIpc) is 2.69. The molecular formula is C13H17F2N2O6P. The lowest BCUT2D eigenvalue weighted by Crippen LogP contribution is -2.45. The summed E-state index contributed by atoms with van der Waals surface area (Å²) in [6.07, 6.45) is -4.33. The minimum atomic E-state index is -4.12. The van der Waals surface area contributed by atoms with Gasteiger partial charge in [-0.15, -0.1) is 0 Å². The number of hydrogen-bond acceptors (Lipinski definition) is 7. The van der Waals surface area contributed by atoms with Crippen molar-refractivity contribution in [1.29, 1.82) is 0 Å². The van der Waals surface area contributed by atoms with Gasteiger partial charge in [-0.25, -0.2) is 9.36 Å². The quantitative estimate of drug-likeness (QED) is 0.756. The Morgan fingerprint density at radius 1 is 1.50 bits per heavy atom. The Morgan fingerprint density at radius 3 is 2.83 bits per heavy atom. The summed E-state index contributed by atoms with van der Waals surface area (Å²) >= 11 is 0. The predicted octanol–water partition coefficient (Wildman–Crippen LogP) is 2.03. The molecule has 11 heteroatoms. The number of phosphoric acid groups is 1. The first-order chi connectivity index (χ1) is 11.1. The van der Waals surface area contributed by atoms with Gasteiger partial charge in [0, 0.05) is 11.9 Å². The largest absolute Gasteiger partial charge is 0.475 e. The van der Waals surface area contributed by atoms with Gasteiger partial charge in [0.2, 0.25) is 6.23 Å². The SMILES string of the molecule is Cc1ccn([C@@H]2O[C@@H]3COP(=O)(OC(C)C)O[C@H]3C2(F)F)c(=O)n1. The van der Waals surface area contributed by atoms with Crippen LogP contribution in [0.4, 0.5) is 8.78 Å². The monoisotopic (exact) mass is 366 g/mol. The van der Waals surface area contributed by atoms with Gasteiger partial charge in [0.25, 0.3) is 0 Å². The third-order valence-electron chi connectivity index (χ3n) is 3.55. The topological polar surface area (TPSA) is 88.9 Å². The molecule has 0 amide bonds. The van der Waals surface area contributed by atoms with Crippen LogP contribution in [0.1, 0.15) is 25.8 Å². The Labute approximate surface area is 136 Å². The van der Waals surface area contributed by atoms with Crippen molar-refractivity contribution >= 4 is 7.82 Å². The highest BCUT2D eigenvalue weighted by molar-refractivity contribution is 7.48. The van der Waals surface area contributed by atoms with E-state index in [1.54, 1.807) is 20.8 Å². The number of rotatable bonds is 3. The van der Waals surface area contributed by atoms with E-state index in [9.17, 15) is 18.1 Å². The lowest BCUT2D eigenvalue weighted by atomic mass is 10.1. The van der Waals surface area contributed by atoms with Crippen molar-refractivity contribution in [2.75, 3.05) is 6.61 Å². The zero-order valence-electron chi connectivity index (χ0n) is 13.2. The first kappa shape index (κ1) is 17.6. The van der Waals surface area contributed by atoms with Crippen molar-refractivity contribution < 1.29 is 31.7 Å². The molecule has 0 N–H and O–H groups in total. The molecule has 0 spiro atoms. The fourth-order valence-corrected chi connectivity index (χ4v) is 4.13. The van der Waals surface area contributed by atoms with E-state index >= 15 is 0 Å². The average molecular weight is 366 g/mol. The molecule has 3 rings (SSSR count). The molecule has 8 nitrogen and oxygen atoms in total. The van der Waals surface area contributed by atoms with Crippen LogP contribution in [0, 0.1) is 6.92 Å². The predicted molar refractivity (Wildman–Crippen MR) is 76.7 cm³/mol. The molecule has 3 heterocycles. The van der Waals surface area contributed by atoms with Gasteiger partial charge in [0.1, 0.15) is 6.10 Å². The second kappa shape index (κ2) is 5.96. The van der Waals surface area contributed by atoms with Gasteiger partial charge in [0.15, 0.2) is 6.10 Å². The Kier molecular flexibility index (Phi) is 4.38. The molecule has 0 aliphatic carbocycles. The van der Waals surface area contributed by atoms with E-state index in [4.69, 9.17) is 18.3 Å². The van der Waals surface area contributed by atoms with Crippen molar-refractivity contribution in [3.63, 3.8) is 0 Å². The molecule has 2 saturated heterocycles. The minimum absolute atomic E-state index is 0.393. The maximum absolute atomic E-state index is 14.7. The van der Waals surface area contributed by atoms with Crippen molar-refractivity contribution in [2.45, 2.75) is 51.2 Å². The van der Waals surface area contributed by atoms with E-state index in [1.807, 2.05) is 0 Å². The van der Waals surface area contributed by atoms with Crippen LogP contribution in [0.2, 0.25) is 0 Å². The lowest BCUT2D eigenvalue weighted by Gasteiger charge is -2.32. The van der Waals surface area contributed by atoms with E-state index in [1.165, 1.54) is 12.3 Å². The number of halogens is 2. The molecule has 0 radical (unpaired) electrons. The summed E-state index contributed by atoms with van der Waals surface area (Å²) in [6.45, 7) is 4.31. The Bertz CT molecular complexity index is 739. The molecule has 1 aromatic rings. The van der Waals surface area contributed by atoms with Gasteiger partial charge in [0.05, 0.1) is 12.7 Å². The van der Waals surface area contributed by atoms with Crippen molar-refractivity contribution in [3.05, 3.63) is 28.4 Å². The minimum Gasteiger partial charge on any atom is -0.343 e. The summed E-state index contributed by atoms with van der Waals surface area (Å²) in [5, 5.41) is 0. The summed E-state index contributed by atoms with van der Waals surface area (Å²) in [4.78, 5) is 15.5. The van der Waals surface area contributed by atoms with Crippen molar-refractivity contribution in [3.8, 4) is 0 Å². The molecule has 1 aromatic heterocycles. The molecule has 134 valence electrons. The zero-order chi connectivity index (χ0) is 17.7. The van der Waals surface area contributed by atoms with Crippen LogP contribution >= 0.6 is 7.82 Å². The molecule has 4 atom stereocenters. The number of alkyl halides is 2. The van der Waals surface area contributed by atoms with Gasteiger partial charge >= 0.3 is 19.4 Å². The number of nitrogens with zero attached hydrogens (tertiary/aromatic N) is 2. The normalized spacial score (nSPS) is 35.2. The second-order valence-corrected chi connectivity index (χ2v) is 7.46. The van der Waals surface area contributed by atoms with E-state index in [-0.39, 0.29) is 0 Å². The molecule has 24 heavy (non-hydrogen) atoms. The standard InChI is InChI=1S/C13H17F2N2O6P/c1-7(2)22-24(19)20-6-9-10(23-24)13(14,15)11(21-9)17-5-4-8(3)16-12(17)18/h4-5,7,9-11H,6H2,1-3H3/t9-,10-,11-,24?/m1/s1. The number of ether oxygens (including phenoxy) is 1. The maximum Gasteiger partial charge on any atom is 0.475 e. The number of fused-ring (bicyclic) bond motifs is 1. The highest BCUT2D eigenvalue weighted by atomic mass is 31.2. The highest BCUT2D eigenvalue weighted by Gasteiger charge is 2.65. The van der Waals surface area contributed by atoms with Crippen molar-refractivity contribution in [2.24, 2.45) is 0 Å². The molecule has 0 aromatic carbocycles. The summed E-state index contributed by atoms with van der Waals surface area (Å²) in [6, 6.07) is 1.41. The summed E-state index contributed by atoms with van der Waals surface area (Å²) in [5.41, 5.74) is -0.481. The smallest absolute Gasteiger partial charge is 0.343 e. The molecule has 2 fully saturated rings. The van der Waals surface area contributed by atoms with Crippen LogP contribution < -0.4 is 5.69 Å².